The van der Waals surface area contributed by atoms with E-state index in [4.69, 9.17) is 9.97 Å². The van der Waals surface area contributed by atoms with Gasteiger partial charge in [0.15, 0.2) is 0 Å². The van der Waals surface area contributed by atoms with Gasteiger partial charge in [0.1, 0.15) is 4.83 Å². The lowest BCUT2D eigenvalue weighted by Crippen LogP contribution is -2.03. The smallest absolute Gasteiger partial charge is 0.236 e. The van der Waals surface area contributed by atoms with E-state index < -0.39 is 0 Å². The van der Waals surface area contributed by atoms with Crippen LogP contribution in [0, 0.1) is 0 Å². The van der Waals surface area contributed by atoms with E-state index in [0.717, 1.165) is 38.2 Å². The van der Waals surface area contributed by atoms with Gasteiger partial charge in [-0.15, -0.1) is 11.3 Å². The van der Waals surface area contributed by atoms with Gasteiger partial charge in [0.05, 0.1) is 44.3 Å². The van der Waals surface area contributed by atoms with Gasteiger partial charge in [0.2, 0.25) is 5.95 Å². The molecule has 15 aromatic rings. The van der Waals surface area contributed by atoms with Crippen LogP contribution >= 0.6 is 11.3 Å². The van der Waals surface area contributed by atoms with Gasteiger partial charge >= 0.3 is 0 Å². The van der Waals surface area contributed by atoms with Crippen molar-refractivity contribution >= 4 is 124 Å². The van der Waals surface area contributed by atoms with E-state index in [1.54, 1.807) is 11.3 Å². The predicted octanol–water partition coefficient (Wildman–Crippen LogP) is 14.4. The van der Waals surface area contributed by atoms with Gasteiger partial charge in [-0.2, -0.15) is 0 Å². The highest BCUT2D eigenvalue weighted by Gasteiger charge is 2.27. The van der Waals surface area contributed by atoms with Gasteiger partial charge in [-0.3, -0.25) is 4.57 Å². The first-order valence-corrected chi connectivity index (χ1v) is 21.2. The predicted molar refractivity (Wildman–Crippen MR) is 252 cm³/mol. The molecule has 0 aliphatic rings. The van der Waals surface area contributed by atoms with Crippen molar-refractivity contribution < 1.29 is 0 Å². The van der Waals surface area contributed by atoms with Crippen molar-refractivity contribution in [3.8, 4) is 22.9 Å². The molecule has 5 nitrogen and oxygen atoms in total. The maximum atomic E-state index is 5.71. The quantitative estimate of drug-likeness (QED) is 0.168. The molecule has 0 N–H and O–H groups in total. The number of para-hydroxylation sites is 3. The number of aromatic nitrogens is 5. The zero-order chi connectivity index (χ0) is 38.8. The fourth-order valence-electron chi connectivity index (χ4n) is 10.8. The highest BCUT2D eigenvalue weighted by atomic mass is 32.1. The Kier molecular flexibility index (Phi) is 5.74. The number of benzene rings is 9. The highest BCUT2D eigenvalue weighted by Crippen LogP contribution is 2.48. The average Bonchev–Trinajstić information content (AvgIpc) is 4.02. The summed E-state index contributed by atoms with van der Waals surface area (Å²) in [4.78, 5) is 12.2. The summed E-state index contributed by atoms with van der Waals surface area (Å²) < 4.78 is 8.43. The van der Waals surface area contributed by atoms with Crippen LogP contribution in [0.1, 0.15) is 0 Å². The lowest BCUT2D eigenvalue weighted by atomic mass is 9.97. The van der Waals surface area contributed by atoms with Crippen molar-refractivity contribution in [2.24, 2.45) is 0 Å². The van der Waals surface area contributed by atoms with Crippen molar-refractivity contribution in [1.82, 2.24) is 23.5 Å². The normalized spacial score (nSPS) is 12.7. The molecule has 0 radical (unpaired) electrons. The van der Waals surface area contributed by atoms with E-state index in [-0.39, 0.29) is 0 Å². The number of hydrogen-bond donors (Lipinski definition) is 0. The second-order valence-corrected chi connectivity index (χ2v) is 17.1. The molecule has 9 aromatic carbocycles. The number of fused-ring (bicyclic) bond motifs is 10. The van der Waals surface area contributed by atoms with Gasteiger partial charge in [0.25, 0.3) is 0 Å². The molecule has 0 spiro atoms. The minimum absolute atomic E-state index is 0.679. The molecule has 0 saturated heterocycles. The molecule has 6 heteroatoms. The van der Waals surface area contributed by atoms with Crippen LogP contribution in [-0.2, 0) is 0 Å². The van der Waals surface area contributed by atoms with Crippen LogP contribution in [0.2, 0.25) is 0 Å². The number of nitrogens with zero attached hydrogens (tertiary/aromatic N) is 5. The zero-order valence-electron chi connectivity index (χ0n) is 31.9. The Morgan fingerprint density at radius 1 is 0.383 bits per heavy atom. The van der Waals surface area contributed by atoms with Crippen LogP contribution in [0.15, 0.2) is 176 Å². The molecule has 0 saturated carbocycles. The molecule has 276 valence electrons. The number of rotatable bonds is 3. The standard InChI is InChI=1S/C54H29N5S/c1-2-12-33(13-3-1)57-39-17-7-5-15-35(39)38-29-32(24-26-41(38)57)51-48-37-16-6-9-20-45(37)60-53(48)56-54(55-51)59-43-27-23-31-22-21-30-11-10-19-42-46(30)47(31)49(43)50-44(59)28-25-36-34-14-4-8-18-40(34)58(42)52(36)50/h1-29H. The van der Waals surface area contributed by atoms with E-state index in [0.29, 0.717) is 5.95 Å². The van der Waals surface area contributed by atoms with Crippen LogP contribution in [0.25, 0.3) is 136 Å². The van der Waals surface area contributed by atoms with Crippen LogP contribution in [0.4, 0.5) is 0 Å². The molecule has 0 atom stereocenters. The Labute approximate surface area is 344 Å². The first-order chi connectivity index (χ1) is 29.8. The van der Waals surface area contributed by atoms with Crippen molar-refractivity contribution in [1.29, 1.82) is 0 Å². The maximum absolute atomic E-state index is 5.71. The fraction of sp³-hybridized carbons (Fsp3) is 0. The third-order valence-electron chi connectivity index (χ3n) is 13.2. The summed E-state index contributed by atoms with van der Waals surface area (Å²) in [7, 11) is 0. The molecular weight excluding hydrogens is 751 g/mol. The first-order valence-electron chi connectivity index (χ1n) is 20.4. The summed E-state index contributed by atoms with van der Waals surface area (Å²) in [6.07, 6.45) is 0. The third kappa shape index (κ3) is 3.78. The average molecular weight is 780 g/mol. The monoisotopic (exact) mass is 779 g/mol. The van der Waals surface area contributed by atoms with Crippen molar-refractivity contribution in [3.05, 3.63) is 176 Å². The van der Waals surface area contributed by atoms with Crippen molar-refractivity contribution in [3.63, 3.8) is 0 Å². The van der Waals surface area contributed by atoms with Gasteiger partial charge < -0.3 is 8.97 Å². The van der Waals surface area contributed by atoms with Crippen LogP contribution < -0.4 is 0 Å². The molecule has 15 rings (SSSR count). The summed E-state index contributed by atoms with van der Waals surface area (Å²) in [5.41, 5.74) is 11.4. The highest BCUT2D eigenvalue weighted by molar-refractivity contribution is 7.25. The molecule has 0 aliphatic heterocycles. The Bertz CT molecular complexity index is 4300. The summed E-state index contributed by atoms with van der Waals surface area (Å²) in [5, 5.41) is 14.7. The molecule has 0 bridgehead atoms. The number of hydrogen-bond acceptors (Lipinski definition) is 3. The Morgan fingerprint density at radius 2 is 1.05 bits per heavy atom. The Hall–Kier alpha value is -7.80. The topological polar surface area (TPSA) is 40.0 Å². The Balaban J connectivity index is 1.10. The summed E-state index contributed by atoms with van der Waals surface area (Å²) in [6.45, 7) is 0. The van der Waals surface area contributed by atoms with Gasteiger partial charge in [-0.1, -0.05) is 115 Å². The van der Waals surface area contributed by atoms with Gasteiger partial charge in [0, 0.05) is 69.8 Å². The second-order valence-electron chi connectivity index (χ2n) is 16.1. The second kappa shape index (κ2) is 11.0. The van der Waals surface area contributed by atoms with Crippen LogP contribution in [0.3, 0.4) is 0 Å². The Morgan fingerprint density at radius 3 is 1.93 bits per heavy atom. The lowest BCUT2D eigenvalue weighted by Gasteiger charge is -2.12. The van der Waals surface area contributed by atoms with E-state index in [2.05, 4.69) is 189 Å². The molecule has 0 unspecified atom stereocenters. The summed E-state index contributed by atoms with van der Waals surface area (Å²) >= 11 is 1.75. The minimum atomic E-state index is 0.679. The van der Waals surface area contributed by atoms with E-state index in [1.807, 2.05) is 0 Å². The molecule has 6 heterocycles. The van der Waals surface area contributed by atoms with Gasteiger partial charge in [-0.25, -0.2) is 9.97 Å². The zero-order valence-corrected chi connectivity index (χ0v) is 32.7. The first kappa shape index (κ1) is 31.2. The fourth-order valence-corrected chi connectivity index (χ4v) is 11.8. The lowest BCUT2D eigenvalue weighted by molar-refractivity contribution is 1.02. The molecule has 6 aromatic heterocycles. The third-order valence-corrected chi connectivity index (χ3v) is 14.2. The van der Waals surface area contributed by atoms with Crippen LogP contribution in [-0.4, -0.2) is 23.5 Å². The van der Waals surface area contributed by atoms with E-state index >= 15 is 0 Å². The maximum Gasteiger partial charge on any atom is 0.236 e. The molecule has 0 fully saturated rings. The molecule has 60 heavy (non-hydrogen) atoms. The number of thiophene rings is 1. The van der Waals surface area contributed by atoms with E-state index in [1.165, 1.54) is 91.5 Å². The summed E-state index contributed by atoms with van der Waals surface area (Å²) in [6, 6.07) is 64.3. The molecular formula is C54H29N5S. The van der Waals surface area contributed by atoms with Crippen LogP contribution in [0.5, 0.6) is 0 Å². The summed E-state index contributed by atoms with van der Waals surface area (Å²) in [5.74, 6) is 0.679. The van der Waals surface area contributed by atoms with Crippen molar-refractivity contribution in [2.75, 3.05) is 0 Å². The van der Waals surface area contributed by atoms with E-state index in [9.17, 15) is 0 Å². The SMILES string of the molecule is c1ccc(-n2c3ccccc3c3cc(-c4nc(-n5c6ccc7ccc8cccc9c8c7c6c6c5ccc5c7ccccc7n9c56)nc5sc6ccccc6c45)ccc32)cc1. The van der Waals surface area contributed by atoms with Gasteiger partial charge in [-0.05, 0) is 71.4 Å². The molecule has 0 aliphatic carbocycles. The molecule has 0 amide bonds. The largest absolute Gasteiger partial charge is 0.309 e. The minimum Gasteiger partial charge on any atom is -0.309 e. The van der Waals surface area contributed by atoms with Crippen molar-refractivity contribution in [2.45, 2.75) is 0 Å².